The van der Waals surface area contributed by atoms with E-state index in [1.165, 1.54) is 0 Å². The lowest BCUT2D eigenvalue weighted by Gasteiger charge is -2.07. The van der Waals surface area contributed by atoms with Gasteiger partial charge in [0, 0.05) is 0 Å². The van der Waals surface area contributed by atoms with Crippen LogP contribution in [0.5, 0.6) is 0 Å². The topological polar surface area (TPSA) is 41.1 Å². The molecular formula is C13H7Cl2N3. The monoisotopic (exact) mass is 275 g/mol. The molecule has 5 heteroatoms. The smallest absolute Gasteiger partial charge is 0.157 e. The first-order valence-corrected chi connectivity index (χ1v) is 6.05. The fourth-order valence-corrected chi connectivity index (χ4v) is 2.55. The van der Waals surface area contributed by atoms with Crippen LogP contribution in [0.3, 0.4) is 0 Å². The molecule has 2 heterocycles. The fourth-order valence-electron chi connectivity index (χ4n) is 2.06. The maximum Gasteiger partial charge on any atom is 0.157 e. The van der Waals surface area contributed by atoms with E-state index in [9.17, 15) is 5.26 Å². The molecule has 0 aliphatic heterocycles. The normalized spacial score (nSPS) is 11.0. The molecular weight excluding hydrogens is 269 g/mol. The first-order chi connectivity index (χ1) is 8.65. The molecule has 0 atom stereocenters. The number of nitriles is 1. The molecule has 0 spiro atoms. The predicted molar refractivity (Wildman–Crippen MR) is 72.2 cm³/mol. The van der Waals surface area contributed by atoms with Crippen molar-refractivity contribution >= 4 is 39.9 Å². The molecule has 0 amide bonds. The molecule has 88 valence electrons. The summed E-state index contributed by atoms with van der Waals surface area (Å²) in [4.78, 5) is 4.45. The van der Waals surface area contributed by atoms with Crippen molar-refractivity contribution in [2.45, 2.75) is 6.92 Å². The molecule has 0 bridgehead atoms. The fraction of sp³-hybridized carbons (Fsp3) is 0.0769. The van der Waals surface area contributed by atoms with Crippen molar-refractivity contribution < 1.29 is 0 Å². The van der Waals surface area contributed by atoms with Gasteiger partial charge in [-0.25, -0.2) is 4.98 Å². The van der Waals surface area contributed by atoms with Crippen LogP contribution in [0, 0.1) is 18.3 Å². The second kappa shape index (κ2) is 3.88. The summed E-state index contributed by atoms with van der Waals surface area (Å²) in [5.41, 5.74) is 3.30. The quantitative estimate of drug-likeness (QED) is 0.583. The number of para-hydroxylation sites is 2. The van der Waals surface area contributed by atoms with Crippen LogP contribution in [-0.4, -0.2) is 9.38 Å². The average molecular weight is 276 g/mol. The van der Waals surface area contributed by atoms with Gasteiger partial charge in [0.25, 0.3) is 0 Å². The number of rotatable bonds is 0. The highest BCUT2D eigenvalue weighted by molar-refractivity contribution is 6.42. The van der Waals surface area contributed by atoms with Gasteiger partial charge in [-0.15, -0.1) is 0 Å². The third-order valence-electron chi connectivity index (χ3n) is 2.98. The Kier molecular flexibility index (Phi) is 2.44. The van der Waals surface area contributed by atoms with E-state index in [1.54, 1.807) is 11.3 Å². The highest BCUT2D eigenvalue weighted by Gasteiger charge is 2.18. The van der Waals surface area contributed by atoms with Gasteiger partial charge in [0.05, 0.1) is 21.6 Å². The van der Waals surface area contributed by atoms with Crippen molar-refractivity contribution in [2.75, 3.05) is 0 Å². The van der Waals surface area contributed by atoms with Crippen LogP contribution in [0.15, 0.2) is 24.3 Å². The van der Waals surface area contributed by atoms with Crippen molar-refractivity contribution in [2.24, 2.45) is 0 Å². The molecule has 3 rings (SSSR count). The zero-order valence-electron chi connectivity index (χ0n) is 9.41. The maximum absolute atomic E-state index is 9.25. The lowest BCUT2D eigenvalue weighted by atomic mass is 10.1. The molecule has 2 aromatic heterocycles. The first-order valence-electron chi connectivity index (χ1n) is 5.30. The summed E-state index contributed by atoms with van der Waals surface area (Å²) >= 11 is 12.4. The standard InChI is InChI=1S/C13H7Cl2N3/c1-7-8(6-16)13-17-9-4-2-3-5-10(9)18(13)12(15)11(7)14/h2-5H,1H3. The Bertz CT molecular complexity index is 828. The third-order valence-corrected chi connectivity index (χ3v) is 3.90. The second-order valence-corrected chi connectivity index (χ2v) is 4.71. The van der Waals surface area contributed by atoms with E-state index in [4.69, 9.17) is 23.2 Å². The number of halogens is 2. The molecule has 3 nitrogen and oxygen atoms in total. The van der Waals surface area contributed by atoms with Gasteiger partial charge in [-0.05, 0) is 24.6 Å². The molecule has 0 N–H and O–H groups in total. The molecule has 0 saturated carbocycles. The van der Waals surface area contributed by atoms with Crippen molar-refractivity contribution in [3.05, 3.63) is 45.6 Å². The van der Waals surface area contributed by atoms with E-state index >= 15 is 0 Å². The number of nitrogens with zero attached hydrogens (tertiary/aromatic N) is 3. The van der Waals surface area contributed by atoms with Crippen molar-refractivity contribution in [3.8, 4) is 6.07 Å². The Balaban J connectivity index is 2.69. The average Bonchev–Trinajstić information content (AvgIpc) is 2.76. The number of imidazole rings is 1. The van der Waals surface area contributed by atoms with Gasteiger partial charge in [-0.1, -0.05) is 35.3 Å². The summed E-state index contributed by atoms with van der Waals surface area (Å²) in [6, 6.07) is 9.70. The molecule has 0 fully saturated rings. The Morgan fingerprint density at radius 2 is 2.00 bits per heavy atom. The van der Waals surface area contributed by atoms with E-state index in [2.05, 4.69) is 11.1 Å². The highest BCUT2D eigenvalue weighted by Crippen LogP contribution is 2.33. The third kappa shape index (κ3) is 1.34. The summed E-state index contributed by atoms with van der Waals surface area (Å²) in [6.45, 7) is 1.77. The van der Waals surface area contributed by atoms with Gasteiger partial charge in [0.1, 0.15) is 11.2 Å². The van der Waals surface area contributed by atoms with Gasteiger partial charge in [0.2, 0.25) is 0 Å². The van der Waals surface area contributed by atoms with Crippen LogP contribution in [0.2, 0.25) is 10.2 Å². The van der Waals surface area contributed by atoms with Gasteiger partial charge < -0.3 is 0 Å². The van der Waals surface area contributed by atoms with Gasteiger partial charge >= 0.3 is 0 Å². The zero-order valence-corrected chi connectivity index (χ0v) is 10.9. The van der Waals surface area contributed by atoms with E-state index in [-0.39, 0.29) is 0 Å². The van der Waals surface area contributed by atoms with Gasteiger partial charge in [-0.2, -0.15) is 5.26 Å². The Morgan fingerprint density at radius 1 is 1.28 bits per heavy atom. The minimum atomic E-state index is 0.386. The summed E-state index contributed by atoms with van der Waals surface area (Å²) < 4.78 is 1.71. The molecule has 1 aromatic carbocycles. The predicted octanol–water partition coefficient (Wildman–Crippen LogP) is 3.97. The van der Waals surface area contributed by atoms with Crippen molar-refractivity contribution in [3.63, 3.8) is 0 Å². The van der Waals surface area contributed by atoms with Crippen molar-refractivity contribution in [1.29, 1.82) is 5.26 Å². The highest BCUT2D eigenvalue weighted by atomic mass is 35.5. The van der Waals surface area contributed by atoms with E-state index in [0.29, 0.717) is 26.9 Å². The number of hydrogen-bond donors (Lipinski definition) is 0. The molecule has 18 heavy (non-hydrogen) atoms. The summed E-state index contributed by atoms with van der Waals surface area (Å²) in [7, 11) is 0. The second-order valence-electron chi connectivity index (χ2n) is 3.98. The number of pyridine rings is 1. The van der Waals surface area contributed by atoms with Crippen LogP contribution in [-0.2, 0) is 0 Å². The molecule has 0 radical (unpaired) electrons. The van der Waals surface area contributed by atoms with E-state index < -0.39 is 0 Å². The molecule has 0 saturated heterocycles. The van der Waals surface area contributed by atoms with Crippen molar-refractivity contribution in [1.82, 2.24) is 9.38 Å². The van der Waals surface area contributed by atoms with E-state index in [1.807, 2.05) is 24.3 Å². The van der Waals surface area contributed by atoms with Gasteiger partial charge in [0.15, 0.2) is 5.65 Å². The van der Waals surface area contributed by atoms with Crippen LogP contribution < -0.4 is 0 Å². The minimum Gasteiger partial charge on any atom is -0.280 e. The molecule has 0 unspecified atom stereocenters. The summed E-state index contributed by atoms with van der Waals surface area (Å²) in [6.07, 6.45) is 0. The van der Waals surface area contributed by atoms with Crippen LogP contribution in [0.25, 0.3) is 16.7 Å². The number of benzene rings is 1. The molecule has 3 aromatic rings. The lowest BCUT2D eigenvalue weighted by Crippen LogP contribution is -1.96. The number of aromatic nitrogens is 2. The molecule has 0 aliphatic carbocycles. The van der Waals surface area contributed by atoms with Crippen LogP contribution >= 0.6 is 23.2 Å². The minimum absolute atomic E-state index is 0.386. The number of fused-ring (bicyclic) bond motifs is 3. The molecule has 0 aliphatic rings. The van der Waals surface area contributed by atoms with Crippen LogP contribution in [0.4, 0.5) is 0 Å². The Hall–Kier alpha value is -1.76. The van der Waals surface area contributed by atoms with Crippen LogP contribution in [0.1, 0.15) is 11.1 Å². The largest absolute Gasteiger partial charge is 0.280 e. The Labute approximate surface area is 113 Å². The van der Waals surface area contributed by atoms with Gasteiger partial charge in [-0.3, -0.25) is 4.40 Å². The summed E-state index contributed by atoms with van der Waals surface area (Å²) in [5.74, 6) is 0. The zero-order chi connectivity index (χ0) is 12.9. The lowest BCUT2D eigenvalue weighted by molar-refractivity contribution is 1.19. The summed E-state index contributed by atoms with van der Waals surface area (Å²) in [5, 5.41) is 10.0. The number of hydrogen-bond acceptors (Lipinski definition) is 2. The first kappa shape index (κ1) is 11.3. The van der Waals surface area contributed by atoms with E-state index in [0.717, 1.165) is 11.0 Å². The SMILES string of the molecule is Cc1c(Cl)c(Cl)n2c(nc3ccccc32)c1C#N. The maximum atomic E-state index is 9.25. The Morgan fingerprint density at radius 3 is 2.72 bits per heavy atom.